The number of ether oxygens (including phenoxy) is 1. The van der Waals surface area contributed by atoms with Crippen molar-refractivity contribution in [3.63, 3.8) is 0 Å². The summed E-state index contributed by atoms with van der Waals surface area (Å²) in [6.45, 7) is 3.60. The summed E-state index contributed by atoms with van der Waals surface area (Å²) < 4.78 is 50.2. The minimum atomic E-state index is -3.92. The van der Waals surface area contributed by atoms with Gasteiger partial charge in [-0.2, -0.15) is 4.39 Å². The van der Waals surface area contributed by atoms with Crippen LogP contribution in [-0.4, -0.2) is 17.4 Å². The third-order valence-corrected chi connectivity index (χ3v) is 8.07. The van der Waals surface area contributed by atoms with Gasteiger partial charge in [-0.05, 0) is 38.1 Å². The summed E-state index contributed by atoms with van der Waals surface area (Å²) in [4.78, 5) is 4.02. The molecule has 2 aliphatic rings. The number of hydrogen-bond acceptors (Lipinski definition) is 4. The molecule has 2 aliphatic heterocycles. The lowest BCUT2D eigenvalue weighted by Crippen LogP contribution is -2.28. The summed E-state index contributed by atoms with van der Waals surface area (Å²) in [6, 6.07) is 17.3. The Labute approximate surface area is 172 Å². The topological polar surface area (TPSA) is 61.2 Å². The van der Waals surface area contributed by atoms with Crippen molar-refractivity contribution < 1.29 is 17.5 Å². The first-order valence-electron chi connectivity index (χ1n) is 9.61. The van der Waals surface area contributed by atoms with Gasteiger partial charge in [0.1, 0.15) is 11.2 Å². The van der Waals surface area contributed by atoms with Crippen molar-refractivity contribution in [1.82, 2.24) is 8.96 Å². The van der Waals surface area contributed by atoms with Gasteiger partial charge < -0.3 is 4.74 Å². The number of pyridine rings is 1. The number of benzene rings is 2. The SMILES string of the molecule is C[C@]12O[C@](C)(c3ccnc(F)c31)c1c2c2ccccc2n1S(=O)(=O)c1ccccc1. The number of para-hydroxylation sites is 1. The van der Waals surface area contributed by atoms with Gasteiger partial charge in [0.05, 0.1) is 16.1 Å². The molecule has 0 aliphatic carbocycles. The Hall–Kier alpha value is -3.03. The first-order chi connectivity index (χ1) is 14.3. The van der Waals surface area contributed by atoms with E-state index in [0.29, 0.717) is 27.9 Å². The van der Waals surface area contributed by atoms with E-state index in [1.807, 2.05) is 12.1 Å². The van der Waals surface area contributed by atoms with Crippen molar-refractivity contribution >= 4 is 20.9 Å². The van der Waals surface area contributed by atoms with Gasteiger partial charge in [0, 0.05) is 28.3 Å². The van der Waals surface area contributed by atoms with Crippen molar-refractivity contribution in [2.75, 3.05) is 0 Å². The number of halogens is 1. The van der Waals surface area contributed by atoms with E-state index in [4.69, 9.17) is 4.74 Å². The van der Waals surface area contributed by atoms with Gasteiger partial charge in [-0.1, -0.05) is 36.4 Å². The average molecular weight is 420 g/mol. The van der Waals surface area contributed by atoms with Crippen LogP contribution in [0.3, 0.4) is 0 Å². The predicted molar refractivity (Wildman–Crippen MR) is 109 cm³/mol. The molecule has 0 unspecified atom stereocenters. The Morgan fingerprint density at radius 3 is 2.40 bits per heavy atom. The lowest BCUT2D eigenvalue weighted by molar-refractivity contribution is -0.0539. The molecule has 0 N–H and O–H groups in total. The molecule has 5 nitrogen and oxygen atoms in total. The fourth-order valence-corrected chi connectivity index (χ4v) is 6.86. The highest BCUT2D eigenvalue weighted by Crippen LogP contribution is 2.63. The highest BCUT2D eigenvalue weighted by atomic mass is 32.2. The second-order valence-corrected chi connectivity index (χ2v) is 9.80. The molecule has 2 atom stereocenters. The summed E-state index contributed by atoms with van der Waals surface area (Å²) in [5, 5.41) is 0.729. The van der Waals surface area contributed by atoms with Gasteiger partial charge in [-0.15, -0.1) is 0 Å². The molecule has 0 saturated heterocycles. The van der Waals surface area contributed by atoms with Crippen molar-refractivity contribution in [2.45, 2.75) is 29.9 Å². The quantitative estimate of drug-likeness (QED) is 0.454. The van der Waals surface area contributed by atoms with Gasteiger partial charge >= 0.3 is 0 Å². The van der Waals surface area contributed by atoms with E-state index in [2.05, 4.69) is 4.98 Å². The van der Waals surface area contributed by atoms with Crippen LogP contribution in [0, 0.1) is 5.95 Å². The van der Waals surface area contributed by atoms with E-state index in [9.17, 15) is 12.8 Å². The van der Waals surface area contributed by atoms with Gasteiger partial charge in [0.25, 0.3) is 10.0 Å². The first-order valence-corrected chi connectivity index (χ1v) is 11.0. The standard InChI is InChI=1S/C23H17FN2O3S/c1-22-16-12-13-25-21(24)19(16)23(2,29-22)18-15-10-6-7-11-17(15)26(20(18)22)30(27,28)14-8-4-3-5-9-14/h3-13H,1-2H3/t22-,23-/m1/s1. The molecule has 0 radical (unpaired) electrons. The molecule has 2 bridgehead atoms. The zero-order valence-corrected chi connectivity index (χ0v) is 17.1. The molecule has 4 heterocycles. The number of fused-ring (bicyclic) bond motifs is 10. The van der Waals surface area contributed by atoms with Crippen LogP contribution in [-0.2, 0) is 26.0 Å². The molecule has 2 aromatic carbocycles. The summed E-state index contributed by atoms with van der Waals surface area (Å²) in [5.41, 5.74) is 0.483. The molecule has 150 valence electrons. The second-order valence-electron chi connectivity index (χ2n) is 8.02. The molecule has 7 heteroatoms. The highest BCUT2D eigenvalue weighted by molar-refractivity contribution is 7.90. The minimum absolute atomic E-state index is 0.186. The Balaban J connectivity index is 1.80. The van der Waals surface area contributed by atoms with Crippen LogP contribution in [0.5, 0.6) is 0 Å². The third-order valence-electron chi connectivity index (χ3n) is 6.35. The molecule has 6 rings (SSSR count). The molecule has 2 aromatic heterocycles. The summed E-state index contributed by atoms with van der Waals surface area (Å²) >= 11 is 0. The molecule has 0 spiro atoms. The normalized spacial score (nSPS) is 24.2. The molecule has 0 saturated carbocycles. The van der Waals surface area contributed by atoms with E-state index in [0.717, 1.165) is 5.39 Å². The van der Waals surface area contributed by atoms with Crippen LogP contribution < -0.4 is 0 Å². The van der Waals surface area contributed by atoms with Gasteiger partial charge in [0.15, 0.2) is 0 Å². The van der Waals surface area contributed by atoms with Crippen molar-refractivity contribution in [3.05, 3.63) is 95.2 Å². The van der Waals surface area contributed by atoms with Crippen molar-refractivity contribution in [2.24, 2.45) is 0 Å². The van der Waals surface area contributed by atoms with Crippen LogP contribution in [0.25, 0.3) is 10.9 Å². The van der Waals surface area contributed by atoms with Gasteiger partial charge in [0.2, 0.25) is 5.95 Å². The monoisotopic (exact) mass is 420 g/mol. The average Bonchev–Trinajstić information content (AvgIpc) is 3.30. The van der Waals surface area contributed by atoms with E-state index >= 15 is 0 Å². The van der Waals surface area contributed by atoms with Gasteiger partial charge in [-0.3, -0.25) is 0 Å². The van der Waals surface area contributed by atoms with Crippen LogP contribution in [0.15, 0.2) is 71.8 Å². The smallest absolute Gasteiger partial charge is 0.268 e. The fourth-order valence-electron chi connectivity index (χ4n) is 5.23. The molecular weight excluding hydrogens is 403 g/mol. The maximum Gasteiger partial charge on any atom is 0.268 e. The van der Waals surface area contributed by atoms with E-state index in [1.54, 1.807) is 62.4 Å². The summed E-state index contributed by atoms with van der Waals surface area (Å²) in [5.74, 6) is -0.591. The maximum atomic E-state index is 14.8. The van der Waals surface area contributed by atoms with Crippen LogP contribution in [0.1, 0.15) is 36.2 Å². The largest absolute Gasteiger partial charge is 0.348 e. The second kappa shape index (κ2) is 5.36. The predicted octanol–water partition coefficient (Wildman–Crippen LogP) is 4.28. The van der Waals surface area contributed by atoms with Gasteiger partial charge in [-0.25, -0.2) is 17.4 Å². The molecular formula is C23H17FN2O3S. The molecule has 4 aromatic rings. The molecule has 0 fully saturated rings. The Morgan fingerprint density at radius 1 is 0.933 bits per heavy atom. The molecule has 30 heavy (non-hydrogen) atoms. The fraction of sp³-hybridized carbons (Fsp3) is 0.174. The lowest BCUT2D eigenvalue weighted by atomic mass is 9.77. The first kappa shape index (κ1) is 17.8. The number of hydrogen-bond donors (Lipinski definition) is 0. The zero-order valence-electron chi connectivity index (χ0n) is 16.3. The zero-order chi connectivity index (χ0) is 20.9. The van der Waals surface area contributed by atoms with Crippen LogP contribution >= 0.6 is 0 Å². The maximum absolute atomic E-state index is 14.8. The molecule has 0 amide bonds. The van der Waals surface area contributed by atoms with E-state index < -0.39 is 27.2 Å². The number of nitrogens with zero attached hydrogens (tertiary/aromatic N) is 2. The number of rotatable bonds is 2. The van der Waals surface area contributed by atoms with Crippen LogP contribution in [0.4, 0.5) is 4.39 Å². The highest BCUT2D eigenvalue weighted by Gasteiger charge is 2.63. The Bertz CT molecular complexity index is 1480. The summed E-state index contributed by atoms with van der Waals surface area (Å²) in [7, 11) is -3.92. The minimum Gasteiger partial charge on any atom is -0.348 e. The van der Waals surface area contributed by atoms with Crippen molar-refractivity contribution in [3.8, 4) is 0 Å². The lowest BCUT2D eigenvalue weighted by Gasteiger charge is -2.25. The third kappa shape index (κ3) is 1.85. The number of aromatic nitrogens is 2. The van der Waals surface area contributed by atoms with Crippen molar-refractivity contribution in [1.29, 1.82) is 0 Å². The Kier molecular flexibility index (Phi) is 3.18. The summed E-state index contributed by atoms with van der Waals surface area (Å²) in [6.07, 6.45) is 1.39. The van der Waals surface area contributed by atoms with E-state index in [1.165, 1.54) is 10.2 Å². The van der Waals surface area contributed by atoms with E-state index in [-0.39, 0.29) is 4.90 Å². The van der Waals surface area contributed by atoms with Crippen LogP contribution in [0.2, 0.25) is 0 Å². The Morgan fingerprint density at radius 2 is 1.63 bits per heavy atom.